The van der Waals surface area contributed by atoms with E-state index in [4.69, 9.17) is 13.9 Å². The molecule has 3 aliphatic rings. The first-order valence-electron chi connectivity index (χ1n) is 13.7. The third-order valence-corrected chi connectivity index (χ3v) is 8.79. The predicted molar refractivity (Wildman–Crippen MR) is 137 cm³/mol. The summed E-state index contributed by atoms with van der Waals surface area (Å²) < 4.78 is 32.0. The van der Waals surface area contributed by atoms with Gasteiger partial charge in [0, 0.05) is 25.3 Å². The average Bonchev–Trinajstić information content (AvgIpc) is 3.26. The number of aliphatic hydroxyl groups is 2. The molecule has 0 amide bonds. The lowest BCUT2D eigenvalue weighted by Crippen LogP contribution is -2.53. The van der Waals surface area contributed by atoms with Crippen molar-refractivity contribution in [1.82, 2.24) is 4.98 Å². The summed E-state index contributed by atoms with van der Waals surface area (Å²) in [5.74, 6) is -2.24. The zero-order chi connectivity index (χ0) is 27.7. The van der Waals surface area contributed by atoms with Crippen LogP contribution in [-0.2, 0) is 19.1 Å². The Morgan fingerprint density at radius 2 is 2.00 bits per heavy atom. The Hall–Kier alpha value is -2.36. The first-order valence-corrected chi connectivity index (χ1v) is 13.7. The molecule has 2 saturated heterocycles. The Bertz CT molecular complexity index is 1060. The van der Waals surface area contributed by atoms with Crippen LogP contribution in [0.1, 0.15) is 83.2 Å². The third kappa shape index (κ3) is 5.95. The van der Waals surface area contributed by atoms with Gasteiger partial charge in [0.05, 0.1) is 35.7 Å². The normalized spacial score (nSPS) is 36.7. The molecule has 7 atom stereocenters. The maximum absolute atomic E-state index is 15.4. The molecule has 2 N–H and O–H groups in total. The van der Waals surface area contributed by atoms with Gasteiger partial charge < -0.3 is 24.1 Å². The van der Waals surface area contributed by atoms with Crippen molar-refractivity contribution >= 4 is 17.8 Å². The smallest absolute Gasteiger partial charge is 0.309 e. The van der Waals surface area contributed by atoms with Gasteiger partial charge in [-0.15, -0.1) is 6.58 Å². The van der Waals surface area contributed by atoms with E-state index >= 15 is 4.39 Å². The fourth-order valence-electron chi connectivity index (χ4n) is 6.05. The van der Waals surface area contributed by atoms with Crippen molar-refractivity contribution in [3.63, 3.8) is 0 Å². The van der Waals surface area contributed by atoms with Crippen molar-refractivity contribution in [2.75, 3.05) is 0 Å². The lowest BCUT2D eigenvalue weighted by molar-refractivity contribution is -0.162. The van der Waals surface area contributed by atoms with Crippen molar-refractivity contribution in [2.24, 2.45) is 17.3 Å². The van der Waals surface area contributed by atoms with Crippen LogP contribution in [0.2, 0.25) is 0 Å². The van der Waals surface area contributed by atoms with Gasteiger partial charge in [0.25, 0.3) is 0 Å². The number of esters is 1. The maximum atomic E-state index is 15.4. The zero-order valence-electron chi connectivity index (χ0n) is 22.5. The molecular formula is C29H40FNO7. The molecule has 210 valence electrons. The van der Waals surface area contributed by atoms with Crippen LogP contribution in [0.5, 0.6) is 0 Å². The van der Waals surface area contributed by atoms with E-state index in [0.29, 0.717) is 31.6 Å². The Labute approximate surface area is 223 Å². The van der Waals surface area contributed by atoms with E-state index in [1.807, 2.05) is 13.8 Å². The molecule has 38 heavy (non-hydrogen) atoms. The van der Waals surface area contributed by atoms with Crippen LogP contribution >= 0.6 is 0 Å². The molecule has 9 heteroatoms. The number of carbonyl (C=O) groups is 2. The highest BCUT2D eigenvalue weighted by Crippen LogP contribution is 2.49. The van der Waals surface area contributed by atoms with Gasteiger partial charge in [-0.25, -0.2) is 9.37 Å². The third-order valence-electron chi connectivity index (χ3n) is 8.79. The highest BCUT2D eigenvalue weighted by molar-refractivity contribution is 5.90. The van der Waals surface area contributed by atoms with E-state index in [0.717, 1.165) is 12.8 Å². The number of fused-ring (bicyclic) bond motifs is 1. The van der Waals surface area contributed by atoms with Crippen molar-refractivity contribution in [1.29, 1.82) is 0 Å². The van der Waals surface area contributed by atoms with Gasteiger partial charge in [0.2, 0.25) is 0 Å². The Kier molecular flexibility index (Phi) is 8.59. The lowest BCUT2D eigenvalue weighted by Gasteiger charge is -2.46. The number of aliphatic hydroxyl groups excluding tert-OH is 2. The monoisotopic (exact) mass is 533 g/mol. The number of aryl methyl sites for hydroxylation is 1. The quantitative estimate of drug-likeness (QED) is 0.327. The number of epoxide rings is 1. The van der Waals surface area contributed by atoms with Gasteiger partial charge in [0.1, 0.15) is 23.6 Å². The number of ether oxygens (including phenoxy) is 2. The summed E-state index contributed by atoms with van der Waals surface area (Å²) >= 11 is 0. The topological polar surface area (TPSA) is 122 Å². The summed E-state index contributed by atoms with van der Waals surface area (Å²) in [6.07, 6.45) is 4.01. The van der Waals surface area contributed by atoms with Gasteiger partial charge >= 0.3 is 5.97 Å². The molecule has 1 aliphatic carbocycles. The van der Waals surface area contributed by atoms with Crippen LogP contribution in [0, 0.1) is 24.2 Å². The second-order valence-corrected chi connectivity index (χ2v) is 11.5. The average molecular weight is 534 g/mol. The van der Waals surface area contributed by atoms with Crippen LogP contribution in [0.15, 0.2) is 29.2 Å². The molecule has 0 aromatic carbocycles. The fourth-order valence-corrected chi connectivity index (χ4v) is 6.05. The van der Waals surface area contributed by atoms with Crippen molar-refractivity contribution in [3.05, 3.63) is 36.3 Å². The minimum atomic E-state index is -1.30. The van der Waals surface area contributed by atoms with Crippen molar-refractivity contribution in [2.45, 2.75) is 109 Å². The Morgan fingerprint density at radius 3 is 2.61 bits per heavy atom. The van der Waals surface area contributed by atoms with Gasteiger partial charge in [-0.3, -0.25) is 9.59 Å². The van der Waals surface area contributed by atoms with Gasteiger partial charge in [-0.05, 0) is 44.9 Å². The van der Waals surface area contributed by atoms with Crippen molar-refractivity contribution < 1.29 is 38.1 Å². The molecule has 1 aromatic heterocycles. The highest BCUT2D eigenvalue weighted by Gasteiger charge is 2.55. The van der Waals surface area contributed by atoms with Crippen LogP contribution in [0.25, 0.3) is 6.08 Å². The second-order valence-electron chi connectivity index (χ2n) is 11.5. The van der Waals surface area contributed by atoms with Crippen molar-refractivity contribution in [3.8, 4) is 0 Å². The number of ketones is 1. The lowest BCUT2D eigenvalue weighted by atomic mass is 9.58. The molecule has 8 nitrogen and oxygen atoms in total. The summed E-state index contributed by atoms with van der Waals surface area (Å²) in [5, 5.41) is 22.3. The molecule has 3 heterocycles. The zero-order valence-corrected chi connectivity index (χ0v) is 22.5. The summed E-state index contributed by atoms with van der Waals surface area (Å²) in [6, 6.07) is 0. The molecular weight excluding hydrogens is 493 g/mol. The number of aromatic nitrogens is 1. The number of carbonyl (C=O) groups excluding carboxylic acids is 2. The summed E-state index contributed by atoms with van der Waals surface area (Å²) in [4.78, 5) is 30.8. The molecule has 0 bridgehead atoms. The van der Waals surface area contributed by atoms with E-state index in [1.54, 1.807) is 13.0 Å². The highest BCUT2D eigenvalue weighted by atomic mass is 19.1. The molecule has 1 saturated carbocycles. The van der Waals surface area contributed by atoms with Gasteiger partial charge in [0.15, 0.2) is 12.0 Å². The molecule has 4 rings (SSSR count). The van der Waals surface area contributed by atoms with Crippen LogP contribution in [0.3, 0.4) is 0 Å². The first-order chi connectivity index (χ1) is 18.0. The number of oxazole rings is 1. The SMILES string of the molecule is C=CCC1C(=O)C2(CCC2)C(O)CC(=O)OC(/C(F)=C/c2coc(C)n2)CC2OC2(C)CCCC(C)C1O. The Morgan fingerprint density at radius 1 is 1.26 bits per heavy atom. The number of rotatable bonds is 4. The number of allylic oxidation sites excluding steroid dienone is 1. The number of nitrogens with zero attached hydrogens (tertiary/aromatic N) is 1. The van der Waals surface area contributed by atoms with E-state index < -0.39 is 53.5 Å². The van der Waals surface area contributed by atoms with E-state index in [1.165, 1.54) is 12.3 Å². The summed E-state index contributed by atoms with van der Waals surface area (Å²) in [5.41, 5.74) is -1.36. The summed E-state index contributed by atoms with van der Waals surface area (Å²) in [7, 11) is 0. The molecule has 3 fully saturated rings. The molecule has 7 unspecified atom stereocenters. The molecule has 1 spiro atoms. The minimum absolute atomic E-state index is 0.112. The van der Waals surface area contributed by atoms with Gasteiger partial charge in [-0.2, -0.15) is 0 Å². The predicted octanol–water partition coefficient (Wildman–Crippen LogP) is 4.62. The van der Waals surface area contributed by atoms with E-state index in [9.17, 15) is 19.8 Å². The van der Waals surface area contributed by atoms with Gasteiger partial charge in [-0.1, -0.05) is 25.8 Å². The number of hydrogen-bond acceptors (Lipinski definition) is 8. The largest absolute Gasteiger partial charge is 0.455 e. The number of hydrogen-bond donors (Lipinski definition) is 2. The summed E-state index contributed by atoms with van der Waals surface area (Å²) in [6.45, 7) is 9.27. The van der Waals surface area contributed by atoms with E-state index in [2.05, 4.69) is 11.6 Å². The van der Waals surface area contributed by atoms with Crippen LogP contribution in [0.4, 0.5) is 4.39 Å². The first kappa shape index (κ1) is 28.6. The molecule has 2 aliphatic heterocycles. The number of halogens is 1. The fraction of sp³-hybridized carbons (Fsp3) is 0.690. The minimum Gasteiger partial charge on any atom is -0.455 e. The Balaban J connectivity index is 1.60. The molecule has 0 radical (unpaired) electrons. The second kappa shape index (κ2) is 11.4. The standard InChI is InChI=1S/C29H40FNO7/c1-5-8-20-26(34)17(2)9-6-10-28(4)24(38-28)14-22(21(30)13-19-16-36-18(3)31-19)37-25(33)15-23(32)29(27(20)35)11-7-12-29/h5,13,16-17,20,22-24,26,32,34H,1,6-12,14-15H2,2-4H3/b21-13-. The number of Topliss-reactive ketones (excluding diaryl/α,β-unsaturated/α-hetero) is 1. The molecule has 1 aromatic rings. The van der Waals surface area contributed by atoms with Crippen LogP contribution < -0.4 is 0 Å². The number of cyclic esters (lactones) is 1. The maximum Gasteiger partial charge on any atom is 0.309 e. The van der Waals surface area contributed by atoms with E-state index in [-0.39, 0.29) is 36.3 Å². The van der Waals surface area contributed by atoms with Crippen LogP contribution in [-0.4, -0.2) is 57.0 Å².